The number of benzene rings is 1. The average Bonchev–Trinajstić information content (AvgIpc) is 2.92. The van der Waals surface area contributed by atoms with E-state index in [-0.39, 0.29) is 11.3 Å². The van der Waals surface area contributed by atoms with Gasteiger partial charge in [-0.25, -0.2) is 9.59 Å². The minimum atomic E-state index is -2.42. The predicted octanol–water partition coefficient (Wildman–Crippen LogP) is 0.197. The Balaban J connectivity index is 2.98. The Labute approximate surface area is 138 Å². The highest BCUT2D eigenvalue weighted by molar-refractivity contribution is 6.27. The lowest BCUT2D eigenvalue weighted by Crippen LogP contribution is -2.70. The van der Waals surface area contributed by atoms with Crippen LogP contribution >= 0.6 is 0 Å². The third kappa shape index (κ3) is 1.85. The molecule has 1 aromatic rings. The molecule has 1 aliphatic rings. The molecule has 0 fully saturated rings. The number of nitrogens with one attached hydrogen (secondary N) is 1. The van der Waals surface area contributed by atoms with E-state index < -0.39 is 34.6 Å². The molecule has 1 aromatic carbocycles. The van der Waals surface area contributed by atoms with Crippen LogP contribution in [0, 0.1) is 0 Å². The molecule has 0 saturated carbocycles. The van der Waals surface area contributed by atoms with Crippen LogP contribution in [0.25, 0.3) is 0 Å². The van der Waals surface area contributed by atoms with Gasteiger partial charge in [0.15, 0.2) is 11.2 Å². The van der Waals surface area contributed by atoms with Crippen LogP contribution in [0.2, 0.25) is 0 Å². The summed E-state index contributed by atoms with van der Waals surface area (Å²) in [7, 11) is 3.15. The number of rotatable bonds is 4. The van der Waals surface area contributed by atoms with Gasteiger partial charge in [-0.1, -0.05) is 18.2 Å². The van der Waals surface area contributed by atoms with Gasteiger partial charge in [-0.2, -0.15) is 0 Å². The van der Waals surface area contributed by atoms with E-state index in [1.165, 1.54) is 12.1 Å². The maximum atomic E-state index is 12.7. The fourth-order valence-corrected chi connectivity index (χ4v) is 3.23. The molecule has 0 spiro atoms. The van der Waals surface area contributed by atoms with E-state index in [9.17, 15) is 19.2 Å². The number of carbonyl (C=O) groups is 4. The molecule has 0 bridgehead atoms. The van der Waals surface area contributed by atoms with Gasteiger partial charge in [-0.3, -0.25) is 9.59 Å². The van der Waals surface area contributed by atoms with Crippen LogP contribution in [0.5, 0.6) is 0 Å². The van der Waals surface area contributed by atoms with Gasteiger partial charge in [-0.05, 0) is 13.0 Å². The number of ketones is 1. The Morgan fingerprint density at radius 2 is 1.38 bits per heavy atom. The van der Waals surface area contributed by atoms with E-state index in [4.69, 9.17) is 14.2 Å². The number of methoxy groups -OCH3 is 3. The van der Waals surface area contributed by atoms with Crippen molar-refractivity contribution in [2.75, 3.05) is 26.6 Å². The number of hydrogen-bond acceptors (Lipinski definition) is 8. The largest absolute Gasteiger partial charge is 0.468 e. The summed E-state index contributed by atoms with van der Waals surface area (Å²) in [5.74, 6) is -4.09. The number of hydrogen-bond donors (Lipinski definition) is 1. The molecule has 8 heteroatoms. The first-order valence-electron chi connectivity index (χ1n) is 6.98. The highest BCUT2D eigenvalue weighted by Crippen LogP contribution is 2.50. The lowest BCUT2D eigenvalue weighted by atomic mass is 9.65. The highest BCUT2D eigenvalue weighted by Gasteiger charge is 2.76. The van der Waals surface area contributed by atoms with E-state index >= 15 is 0 Å². The van der Waals surface area contributed by atoms with Gasteiger partial charge in [0.2, 0.25) is 0 Å². The third-order valence-corrected chi connectivity index (χ3v) is 4.22. The van der Waals surface area contributed by atoms with Crippen LogP contribution in [-0.4, -0.2) is 50.6 Å². The Morgan fingerprint density at radius 1 is 0.875 bits per heavy atom. The Hall–Kier alpha value is -2.90. The van der Waals surface area contributed by atoms with Crippen LogP contribution in [0.1, 0.15) is 12.5 Å². The van der Waals surface area contributed by atoms with Crippen molar-refractivity contribution in [1.82, 2.24) is 0 Å². The van der Waals surface area contributed by atoms with Gasteiger partial charge in [0, 0.05) is 11.3 Å². The van der Waals surface area contributed by atoms with Crippen LogP contribution < -0.4 is 5.32 Å². The minimum absolute atomic E-state index is 0.139. The molecular formula is C16H17NO7. The van der Waals surface area contributed by atoms with Crippen molar-refractivity contribution < 1.29 is 33.4 Å². The van der Waals surface area contributed by atoms with Crippen LogP contribution in [0.4, 0.5) is 5.69 Å². The van der Waals surface area contributed by atoms with Crippen molar-refractivity contribution in [3.8, 4) is 0 Å². The number of para-hydroxylation sites is 1. The summed E-state index contributed by atoms with van der Waals surface area (Å²) in [4.78, 5) is 50.5. The predicted molar refractivity (Wildman–Crippen MR) is 81.2 cm³/mol. The zero-order chi connectivity index (χ0) is 18.1. The molecular weight excluding hydrogens is 318 g/mol. The van der Waals surface area contributed by atoms with Crippen LogP contribution in [-0.2, 0) is 38.8 Å². The van der Waals surface area contributed by atoms with E-state index in [0.717, 1.165) is 28.3 Å². The molecule has 24 heavy (non-hydrogen) atoms. The highest BCUT2D eigenvalue weighted by atomic mass is 16.6. The SMILES string of the molecule is COC(=O)C1(C(=O)OC)Nc2ccccc2C1(C(C)=O)C(=O)OC. The number of carbonyl (C=O) groups excluding carboxylic acids is 4. The van der Waals surface area contributed by atoms with Gasteiger partial charge in [0.05, 0.1) is 21.3 Å². The zero-order valence-electron chi connectivity index (χ0n) is 13.7. The summed E-state index contributed by atoms with van der Waals surface area (Å²) in [6, 6.07) is 6.20. The van der Waals surface area contributed by atoms with Crippen molar-refractivity contribution in [2.24, 2.45) is 0 Å². The van der Waals surface area contributed by atoms with E-state index in [1.54, 1.807) is 12.1 Å². The number of esters is 3. The molecule has 1 aliphatic heterocycles. The smallest absolute Gasteiger partial charge is 0.345 e. The molecule has 128 valence electrons. The summed E-state index contributed by atoms with van der Waals surface area (Å²) in [5, 5.41) is 2.67. The first-order chi connectivity index (χ1) is 11.3. The number of ether oxygens (including phenoxy) is 3. The minimum Gasteiger partial charge on any atom is -0.468 e. The molecule has 1 N–H and O–H groups in total. The molecule has 0 aromatic heterocycles. The standard InChI is InChI=1S/C16H17NO7/c1-9(18)15(12(19)22-2)10-7-5-6-8-11(10)17-16(15,13(20)23-3)14(21)24-4/h5-8,17H,1-4H3. The summed E-state index contributed by atoms with van der Waals surface area (Å²) in [6.07, 6.45) is 0. The third-order valence-electron chi connectivity index (χ3n) is 4.22. The van der Waals surface area contributed by atoms with Gasteiger partial charge in [0.1, 0.15) is 0 Å². The monoisotopic (exact) mass is 335 g/mol. The van der Waals surface area contributed by atoms with Crippen LogP contribution in [0.3, 0.4) is 0 Å². The van der Waals surface area contributed by atoms with Crippen molar-refractivity contribution in [2.45, 2.75) is 17.9 Å². The first-order valence-corrected chi connectivity index (χ1v) is 6.98. The zero-order valence-corrected chi connectivity index (χ0v) is 13.7. The molecule has 0 saturated heterocycles. The van der Waals surface area contributed by atoms with Gasteiger partial charge in [0.25, 0.3) is 5.54 Å². The topological polar surface area (TPSA) is 108 Å². The molecule has 1 unspecified atom stereocenters. The van der Waals surface area contributed by atoms with Gasteiger partial charge in [-0.15, -0.1) is 0 Å². The maximum absolute atomic E-state index is 12.7. The Bertz CT molecular complexity index is 711. The lowest BCUT2D eigenvalue weighted by Gasteiger charge is -2.37. The number of anilines is 1. The summed E-state index contributed by atoms with van der Waals surface area (Å²) < 4.78 is 14.2. The van der Waals surface area contributed by atoms with Gasteiger partial charge < -0.3 is 19.5 Å². The van der Waals surface area contributed by atoms with E-state index in [0.29, 0.717) is 0 Å². The Kier molecular flexibility index (Phi) is 4.33. The van der Waals surface area contributed by atoms with Crippen LogP contribution in [0.15, 0.2) is 24.3 Å². The van der Waals surface area contributed by atoms with Crippen molar-refractivity contribution >= 4 is 29.4 Å². The second-order valence-corrected chi connectivity index (χ2v) is 5.20. The first kappa shape index (κ1) is 17.5. The molecule has 0 radical (unpaired) electrons. The summed E-state index contributed by atoms with van der Waals surface area (Å²) in [5.41, 5.74) is -4.29. The average molecular weight is 335 g/mol. The van der Waals surface area contributed by atoms with E-state index in [1.807, 2.05) is 0 Å². The summed E-state index contributed by atoms with van der Waals surface area (Å²) >= 11 is 0. The molecule has 1 heterocycles. The second kappa shape index (κ2) is 5.95. The molecule has 0 amide bonds. The van der Waals surface area contributed by atoms with Gasteiger partial charge >= 0.3 is 17.9 Å². The second-order valence-electron chi connectivity index (χ2n) is 5.20. The lowest BCUT2D eigenvalue weighted by molar-refractivity contribution is -0.173. The quantitative estimate of drug-likeness (QED) is 0.472. The van der Waals surface area contributed by atoms with Crippen molar-refractivity contribution in [3.63, 3.8) is 0 Å². The van der Waals surface area contributed by atoms with E-state index in [2.05, 4.69) is 5.32 Å². The van der Waals surface area contributed by atoms with Crippen molar-refractivity contribution in [1.29, 1.82) is 0 Å². The fraction of sp³-hybridized carbons (Fsp3) is 0.375. The molecule has 2 rings (SSSR count). The molecule has 1 atom stereocenters. The normalized spacial score (nSPS) is 20.3. The summed E-state index contributed by atoms with van der Waals surface area (Å²) in [6.45, 7) is 1.10. The maximum Gasteiger partial charge on any atom is 0.345 e. The van der Waals surface area contributed by atoms with Crippen molar-refractivity contribution in [3.05, 3.63) is 29.8 Å². The molecule has 0 aliphatic carbocycles. The Morgan fingerprint density at radius 3 is 1.83 bits per heavy atom. The fourth-order valence-electron chi connectivity index (χ4n) is 3.23. The number of Topliss-reactive ketones (excluding diaryl/α,β-unsaturated/α-hetero) is 1. The number of fused-ring (bicyclic) bond motifs is 1. The molecule has 8 nitrogen and oxygen atoms in total.